The van der Waals surface area contributed by atoms with Gasteiger partial charge in [0.15, 0.2) is 0 Å². The van der Waals surface area contributed by atoms with Gasteiger partial charge in [-0.15, -0.1) is 5.54 Å². The standard InChI is InChI=1S/C16H28N/c1-10-6-7-11-13(10)14-12(15(14,2)3)8-9-16(11,4)17-5/h10-14H,6-9H2,1-5H3/q-1. The van der Waals surface area contributed by atoms with E-state index in [1.54, 1.807) is 0 Å². The molecule has 0 heterocycles. The van der Waals surface area contributed by atoms with Gasteiger partial charge in [-0.3, -0.25) is 0 Å². The van der Waals surface area contributed by atoms with Crippen LogP contribution >= 0.6 is 0 Å². The molecule has 3 saturated carbocycles. The first-order valence-electron chi connectivity index (χ1n) is 7.53. The van der Waals surface area contributed by atoms with Crippen molar-refractivity contribution in [3.05, 3.63) is 5.32 Å². The molecule has 6 atom stereocenters. The molecule has 1 nitrogen and oxygen atoms in total. The van der Waals surface area contributed by atoms with Gasteiger partial charge in [0.25, 0.3) is 0 Å². The largest absolute Gasteiger partial charge is 0.659 e. The number of hydrogen-bond donors (Lipinski definition) is 0. The van der Waals surface area contributed by atoms with Crippen molar-refractivity contribution in [2.24, 2.45) is 35.0 Å². The van der Waals surface area contributed by atoms with E-state index in [0.29, 0.717) is 11.0 Å². The molecule has 0 spiro atoms. The van der Waals surface area contributed by atoms with Crippen molar-refractivity contribution in [3.63, 3.8) is 0 Å². The third-order valence-corrected chi connectivity index (χ3v) is 6.88. The van der Waals surface area contributed by atoms with Crippen LogP contribution in [0.2, 0.25) is 0 Å². The monoisotopic (exact) mass is 234 g/mol. The van der Waals surface area contributed by atoms with Gasteiger partial charge in [-0.25, -0.2) is 0 Å². The second kappa shape index (κ2) is 3.50. The number of rotatable bonds is 1. The van der Waals surface area contributed by atoms with Crippen LogP contribution in [-0.4, -0.2) is 12.6 Å². The summed E-state index contributed by atoms with van der Waals surface area (Å²) in [5.74, 6) is 4.78. The zero-order valence-corrected chi connectivity index (χ0v) is 12.2. The molecule has 3 aliphatic carbocycles. The normalized spacial score (nSPS) is 55.9. The number of fused-ring (bicyclic) bond motifs is 3. The van der Waals surface area contributed by atoms with Crippen LogP contribution in [0.4, 0.5) is 0 Å². The lowest BCUT2D eigenvalue weighted by molar-refractivity contribution is 0.193. The molecule has 3 aliphatic rings. The molecule has 0 N–H and O–H groups in total. The maximum absolute atomic E-state index is 4.82. The van der Waals surface area contributed by atoms with Crippen LogP contribution in [0.1, 0.15) is 53.4 Å². The Morgan fingerprint density at radius 1 is 1.00 bits per heavy atom. The first-order valence-corrected chi connectivity index (χ1v) is 7.53. The molecule has 3 rings (SSSR count). The van der Waals surface area contributed by atoms with Gasteiger partial charge in [-0.2, -0.15) is 7.05 Å². The summed E-state index contributed by atoms with van der Waals surface area (Å²) in [6, 6.07) is 0. The Kier molecular flexibility index (Phi) is 2.47. The van der Waals surface area contributed by atoms with Crippen molar-refractivity contribution in [1.82, 2.24) is 0 Å². The predicted molar refractivity (Wildman–Crippen MR) is 73.1 cm³/mol. The van der Waals surface area contributed by atoms with Crippen molar-refractivity contribution in [1.29, 1.82) is 0 Å². The molecule has 1 heteroatoms. The maximum atomic E-state index is 4.82. The summed E-state index contributed by atoms with van der Waals surface area (Å²) in [5, 5.41) is 4.82. The summed E-state index contributed by atoms with van der Waals surface area (Å²) in [5.41, 5.74) is 0.926. The van der Waals surface area contributed by atoms with E-state index in [1.165, 1.54) is 25.7 Å². The molecular formula is C16H28N-. The quantitative estimate of drug-likeness (QED) is 0.635. The predicted octanol–water partition coefficient (Wildman–Crippen LogP) is 4.48. The Hall–Kier alpha value is -0.0400. The Labute approximate surface area is 107 Å². The van der Waals surface area contributed by atoms with E-state index in [9.17, 15) is 0 Å². The fourth-order valence-electron chi connectivity index (χ4n) is 5.57. The minimum absolute atomic E-state index is 0.291. The van der Waals surface area contributed by atoms with Gasteiger partial charge in [-0.1, -0.05) is 59.3 Å². The van der Waals surface area contributed by atoms with E-state index in [1.807, 2.05) is 0 Å². The highest BCUT2D eigenvalue weighted by Gasteiger charge is 2.65. The van der Waals surface area contributed by atoms with Crippen LogP contribution in [0.25, 0.3) is 5.32 Å². The molecule has 0 aromatic carbocycles. The summed E-state index contributed by atoms with van der Waals surface area (Å²) in [7, 11) is 2.06. The maximum Gasteiger partial charge on any atom is -0.0289 e. The molecule has 3 fully saturated rings. The second-order valence-electron chi connectivity index (χ2n) is 7.81. The van der Waals surface area contributed by atoms with E-state index in [4.69, 9.17) is 5.32 Å². The van der Waals surface area contributed by atoms with Gasteiger partial charge in [0.2, 0.25) is 0 Å². The summed E-state index contributed by atoms with van der Waals surface area (Å²) in [4.78, 5) is 0. The smallest absolute Gasteiger partial charge is 0.0289 e. The van der Waals surface area contributed by atoms with Gasteiger partial charge in [0, 0.05) is 0 Å². The fraction of sp³-hybridized carbons (Fsp3) is 1.00. The number of nitrogens with zero attached hydrogens (tertiary/aromatic N) is 1. The third kappa shape index (κ3) is 1.47. The van der Waals surface area contributed by atoms with E-state index in [0.717, 1.165) is 29.6 Å². The van der Waals surface area contributed by atoms with Crippen LogP contribution in [0, 0.1) is 35.0 Å². The molecule has 0 radical (unpaired) electrons. The number of hydrogen-bond acceptors (Lipinski definition) is 0. The fourth-order valence-corrected chi connectivity index (χ4v) is 5.57. The average molecular weight is 234 g/mol. The minimum Gasteiger partial charge on any atom is -0.659 e. The third-order valence-electron chi connectivity index (χ3n) is 6.88. The summed E-state index contributed by atoms with van der Waals surface area (Å²) < 4.78 is 0. The molecule has 98 valence electrons. The molecule has 6 unspecified atom stereocenters. The molecule has 0 aliphatic heterocycles. The molecular weight excluding hydrogens is 206 g/mol. The highest BCUT2D eigenvalue weighted by molar-refractivity contribution is 5.20. The van der Waals surface area contributed by atoms with Crippen LogP contribution in [0.15, 0.2) is 0 Å². The highest BCUT2D eigenvalue weighted by atomic mass is 15.0. The van der Waals surface area contributed by atoms with Crippen molar-refractivity contribution < 1.29 is 0 Å². The summed E-state index contributed by atoms with van der Waals surface area (Å²) in [6.45, 7) is 9.95. The molecule has 0 aromatic heterocycles. The van der Waals surface area contributed by atoms with Gasteiger partial charge < -0.3 is 5.32 Å². The second-order valence-corrected chi connectivity index (χ2v) is 7.81. The van der Waals surface area contributed by atoms with Gasteiger partial charge >= 0.3 is 0 Å². The van der Waals surface area contributed by atoms with Crippen LogP contribution < -0.4 is 0 Å². The average Bonchev–Trinajstić information content (AvgIpc) is 2.65. The lowest BCUT2D eigenvalue weighted by atomic mass is 9.72. The van der Waals surface area contributed by atoms with E-state index >= 15 is 0 Å². The van der Waals surface area contributed by atoms with E-state index in [-0.39, 0.29) is 0 Å². The van der Waals surface area contributed by atoms with Crippen molar-refractivity contribution in [3.8, 4) is 0 Å². The molecule has 0 amide bonds. The summed E-state index contributed by atoms with van der Waals surface area (Å²) in [6.07, 6.45) is 5.63. The van der Waals surface area contributed by atoms with E-state index < -0.39 is 0 Å². The van der Waals surface area contributed by atoms with Crippen LogP contribution in [-0.2, 0) is 0 Å². The van der Waals surface area contributed by atoms with Crippen molar-refractivity contribution in [2.45, 2.75) is 58.9 Å². The Morgan fingerprint density at radius 2 is 1.71 bits per heavy atom. The molecule has 0 aromatic rings. The Balaban J connectivity index is 1.94. The first kappa shape index (κ1) is 12.0. The highest BCUT2D eigenvalue weighted by Crippen LogP contribution is 2.71. The zero-order valence-electron chi connectivity index (χ0n) is 12.2. The zero-order chi connectivity index (χ0) is 12.4. The SMILES string of the molecule is C[N-]C1(C)CCC2C(C3C(C)CCC31)C2(C)C. The van der Waals surface area contributed by atoms with Crippen molar-refractivity contribution in [2.75, 3.05) is 7.05 Å². The minimum atomic E-state index is 0.291. The van der Waals surface area contributed by atoms with Gasteiger partial charge in [-0.05, 0) is 29.1 Å². The first-order chi connectivity index (χ1) is 7.92. The van der Waals surface area contributed by atoms with Crippen LogP contribution in [0.3, 0.4) is 0 Å². The Morgan fingerprint density at radius 3 is 2.35 bits per heavy atom. The van der Waals surface area contributed by atoms with E-state index in [2.05, 4.69) is 34.7 Å². The lowest BCUT2D eigenvalue weighted by Crippen LogP contribution is -2.37. The van der Waals surface area contributed by atoms with Gasteiger partial charge in [0.1, 0.15) is 0 Å². The molecule has 0 bridgehead atoms. The van der Waals surface area contributed by atoms with Crippen molar-refractivity contribution >= 4 is 0 Å². The van der Waals surface area contributed by atoms with Gasteiger partial charge in [0.05, 0.1) is 0 Å². The topological polar surface area (TPSA) is 14.1 Å². The Bertz CT molecular complexity index is 321. The lowest BCUT2D eigenvalue weighted by Gasteiger charge is -2.50. The molecule has 17 heavy (non-hydrogen) atoms. The van der Waals surface area contributed by atoms with Crippen LogP contribution in [0.5, 0.6) is 0 Å². The molecule has 0 saturated heterocycles. The summed E-state index contributed by atoms with van der Waals surface area (Å²) >= 11 is 0.